The largest absolute Gasteiger partial charge is 0.497 e. The van der Waals surface area contributed by atoms with Crippen molar-refractivity contribution in [2.24, 2.45) is 11.7 Å². The van der Waals surface area contributed by atoms with Gasteiger partial charge in [0.2, 0.25) is 17.6 Å². The second kappa shape index (κ2) is 18.1. The zero-order chi connectivity index (χ0) is 43.2. The topological polar surface area (TPSA) is 219 Å². The Morgan fingerprint density at radius 3 is 2.28 bits per heavy atom. The van der Waals surface area contributed by atoms with Crippen molar-refractivity contribution in [2.45, 2.75) is 67.8 Å². The van der Waals surface area contributed by atoms with Crippen LogP contribution in [0, 0.1) is 17.2 Å². The quantitative estimate of drug-likeness (QED) is 0.142. The number of nitrogens with zero attached hydrogens (tertiary/aromatic N) is 3. The number of aromatic nitrogens is 1. The molecule has 0 bridgehead atoms. The lowest BCUT2D eigenvalue weighted by Crippen LogP contribution is -2.59. The average molecular weight is 835 g/mol. The fourth-order valence-corrected chi connectivity index (χ4v) is 8.20. The summed E-state index contributed by atoms with van der Waals surface area (Å²) in [6.07, 6.45) is -4.70. The molecule has 58 heavy (non-hydrogen) atoms. The first-order chi connectivity index (χ1) is 27.1. The molecule has 4 N–H and O–H groups in total. The summed E-state index contributed by atoms with van der Waals surface area (Å²) < 4.78 is 101. The lowest BCUT2D eigenvalue weighted by Gasteiger charge is -2.31. The molecule has 0 saturated carbocycles. The molecule has 0 unspecified atom stereocenters. The molecule has 1 saturated heterocycles. The Balaban J connectivity index is 1.77. The zero-order valence-electron chi connectivity index (χ0n) is 31.3. The molecule has 2 heterocycles. The SMILES string of the molecule is COc1ccc(CS(=O)(=O)[C@@H]2C[C@@H](C(=O)N[C@H](C(=O)C(F)(F)C(=O)NCC(F)(F)F)C(C)C)N(C(=O)[C@@H](Cc3cccc(C#N)c3)c3cccnc3C(N)=O)C2)cc1. The number of nitrogens with one attached hydrogen (secondary N) is 2. The molecule has 2 aromatic carbocycles. The Morgan fingerprint density at radius 1 is 1.02 bits per heavy atom. The normalized spacial score (nSPS) is 16.9. The van der Waals surface area contributed by atoms with Crippen LogP contribution in [0.2, 0.25) is 0 Å². The Hall–Kier alpha value is -5.97. The predicted molar refractivity (Wildman–Crippen MR) is 196 cm³/mol. The highest BCUT2D eigenvalue weighted by atomic mass is 32.2. The number of carbonyl (C=O) groups excluding carboxylic acids is 5. The third-order valence-corrected chi connectivity index (χ3v) is 11.5. The number of amides is 4. The first-order valence-corrected chi connectivity index (χ1v) is 19.3. The predicted octanol–water partition coefficient (Wildman–Crippen LogP) is 3.00. The monoisotopic (exact) mass is 834 g/mol. The molecule has 4 rings (SSSR count). The maximum absolute atomic E-state index is 15.1. The van der Waals surface area contributed by atoms with E-state index in [0.717, 1.165) is 10.2 Å². The third-order valence-electron chi connectivity index (χ3n) is 9.42. The molecule has 310 valence electrons. The number of halogens is 5. The fourth-order valence-electron chi connectivity index (χ4n) is 6.44. The van der Waals surface area contributed by atoms with E-state index in [2.05, 4.69) is 10.3 Å². The Morgan fingerprint density at radius 2 is 1.69 bits per heavy atom. The van der Waals surface area contributed by atoms with E-state index in [1.807, 2.05) is 6.07 Å². The second-order valence-corrected chi connectivity index (χ2v) is 16.1. The van der Waals surface area contributed by atoms with Crippen molar-refractivity contribution >= 4 is 39.2 Å². The number of nitrogens with two attached hydrogens (primary N) is 1. The van der Waals surface area contributed by atoms with Crippen molar-refractivity contribution in [3.63, 3.8) is 0 Å². The number of carbonyl (C=O) groups is 5. The number of nitriles is 1. The fraction of sp³-hybridized carbons (Fsp3) is 0.395. The number of primary amides is 1. The van der Waals surface area contributed by atoms with E-state index in [1.54, 1.807) is 6.07 Å². The Kier molecular flexibility index (Phi) is 14.0. The lowest BCUT2D eigenvalue weighted by molar-refractivity contribution is -0.165. The van der Waals surface area contributed by atoms with Gasteiger partial charge in [0, 0.05) is 12.7 Å². The van der Waals surface area contributed by atoms with Gasteiger partial charge in [-0.05, 0) is 65.8 Å². The number of ether oxygens (including phenoxy) is 1. The number of ketones is 1. The second-order valence-electron chi connectivity index (χ2n) is 13.9. The zero-order valence-corrected chi connectivity index (χ0v) is 32.1. The van der Waals surface area contributed by atoms with Crippen LogP contribution in [0.4, 0.5) is 22.0 Å². The van der Waals surface area contributed by atoms with Crippen LogP contribution < -0.4 is 21.1 Å². The van der Waals surface area contributed by atoms with Crippen LogP contribution in [0.3, 0.4) is 0 Å². The highest BCUT2D eigenvalue weighted by Crippen LogP contribution is 2.33. The molecule has 1 aromatic heterocycles. The number of methoxy groups -OCH3 is 1. The van der Waals surface area contributed by atoms with E-state index < -0.39 is 106 Å². The lowest BCUT2D eigenvalue weighted by atomic mass is 9.88. The standard InChI is InChI=1S/C38H39F5N6O8S/c1-21(2)30(32(50)38(42,43)36(54)47-20-37(39,40)41)48-34(52)29-16-26(58(55,56)19-22-9-11-25(57-3)12-10-22)18-49(29)35(53)28(15-23-6-4-7-24(14-23)17-44)27-8-5-13-46-31(27)33(45)51/h4-14,21,26,28-30H,15-16,18-20H2,1-3H3,(H2,45,51)(H,47,54)(H,48,52)/t26-,28+,29+,30+/m1/s1. The number of rotatable bonds is 16. The van der Waals surface area contributed by atoms with Gasteiger partial charge in [0.05, 0.1) is 41.7 Å². The summed E-state index contributed by atoms with van der Waals surface area (Å²) >= 11 is 0. The van der Waals surface area contributed by atoms with Crippen molar-refractivity contribution < 1.29 is 59.1 Å². The molecule has 20 heteroatoms. The molecule has 3 aromatic rings. The van der Waals surface area contributed by atoms with Gasteiger partial charge in [0.15, 0.2) is 9.84 Å². The highest BCUT2D eigenvalue weighted by molar-refractivity contribution is 7.91. The average Bonchev–Trinajstić information content (AvgIpc) is 3.64. The van der Waals surface area contributed by atoms with E-state index in [1.165, 1.54) is 81.8 Å². The first-order valence-electron chi connectivity index (χ1n) is 17.6. The van der Waals surface area contributed by atoms with Gasteiger partial charge in [-0.2, -0.15) is 27.2 Å². The maximum atomic E-state index is 15.1. The van der Waals surface area contributed by atoms with Gasteiger partial charge in [-0.3, -0.25) is 29.0 Å². The summed E-state index contributed by atoms with van der Waals surface area (Å²) in [7, 11) is -2.82. The molecular weight excluding hydrogens is 796 g/mol. The van der Waals surface area contributed by atoms with Crippen LogP contribution in [0.25, 0.3) is 0 Å². The van der Waals surface area contributed by atoms with Gasteiger partial charge in [-0.1, -0.05) is 44.2 Å². The molecule has 0 aliphatic carbocycles. The van der Waals surface area contributed by atoms with Crippen LogP contribution in [0.1, 0.15) is 58.9 Å². The minimum Gasteiger partial charge on any atom is -0.497 e. The van der Waals surface area contributed by atoms with Crippen molar-refractivity contribution in [3.05, 3.63) is 94.8 Å². The van der Waals surface area contributed by atoms with Crippen molar-refractivity contribution in [2.75, 3.05) is 20.2 Å². The van der Waals surface area contributed by atoms with Crippen LogP contribution in [-0.4, -0.2) is 97.3 Å². The number of hydrogen-bond donors (Lipinski definition) is 3. The van der Waals surface area contributed by atoms with Gasteiger partial charge < -0.3 is 26.0 Å². The summed E-state index contributed by atoms with van der Waals surface area (Å²) in [4.78, 5) is 71.5. The number of pyridine rings is 1. The molecule has 1 fully saturated rings. The van der Waals surface area contributed by atoms with E-state index in [4.69, 9.17) is 10.5 Å². The van der Waals surface area contributed by atoms with Gasteiger partial charge in [-0.25, -0.2) is 8.42 Å². The molecule has 4 atom stereocenters. The minimum absolute atomic E-state index is 0.0224. The van der Waals surface area contributed by atoms with E-state index in [9.17, 15) is 50.8 Å². The smallest absolute Gasteiger partial charge is 0.405 e. The van der Waals surface area contributed by atoms with Crippen molar-refractivity contribution in [1.29, 1.82) is 5.26 Å². The number of hydrogen-bond acceptors (Lipinski definition) is 10. The molecule has 0 spiro atoms. The van der Waals surface area contributed by atoms with Crippen LogP contribution in [-0.2, 0) is 41.2 Å². The first kappa shape index (κ1) is 44.7. The number of alkyl halides is 5. The summed E-state index contributed by atoms with van der Waals surface area (Å²) in [5.74, 6) is -15.9. The molecule has 0 radical (unpaired) electrons. The van der Waals surface area contributed by atoms with E-state index in [0.29, 0.717) is 16.9 Å². The van der Waals surface area contributed by atoms with E-state index in [-0.39, 0.29) is 23.2 Å². The molecule has 1 aliphatic heterocycles. The van der Waals surface area contributed by atoms with Gasteiger partial charge in [-0.15, -0.1) is 0 Å². The molecule has 4 amide bonds. The van der Waals surface area contributed by atoms with Crippen molar-refractivity contribution in [3.8, 4) is 11.8 Å². The number of benzene rings is 2. The Labute approximate surface area is 329 Å². The maximum Gasteiger partial charge on any atom is 0.405 e. The minimum atomic E-state index is -5.09. The summed E-state index contributed by atoms with van der Waals surface area (Å²) in [5.41, 5.74) is 6.17. The van der Waals surface area contributed by atoms with Gasteiger partial charge >= 0.3 is 12.1 Å². The summed E-state index contributed by atoms with van der Waals surface area (Å²) in [5, 5.41) is 11.1. The van der Waals surface area contributed by atoms with Crippen LogP contribution in [0.15, 0.2) is 66.9 Å². The van der Waals surface area contributed by atoms with Gasteiger partial charge in [0.1, 0.15) is 24.0 Å². The van der Waals surface area contributed by atoms with Crippen LogP contribution in [0.5, 0.6) is 5.75 Å². The van der Waals surface area contributed by atoms with Gasteiger partial charge in [0.25, 0.3) is 11.8 Å². The Bertz CT molecular complexity index is 2200. The third kappa shape index (κ3) is 10.7. The number of likely N-dealkylation sites (tertiary alicyclic amines) is 1. The summed E-state index contributed by atoms with van der Waals surface area (Å²) in [6, 6.07) is 12.8. The van der Waals surface area contributed by atoms with Crippen LogP contribution >= 0.6 is 0 Å². The van der Waals surface area contributed by atoms with Crippen molar-refractivity contribution in [1.82, 2.24) is 20.5 Å². The molecule has 14 nitrogen and oxygen atoms in total. The highest BCUT2D eigenvalue weighted by Gasteiger charge is 2.53. The summed E-state index contributed by atoms with van der Waals surface area (Å²) in [6.45, 7) is -0.404. The number of Topliss-reactive ketones (excluding diaryl/α,β-unsaturated/α-hetero) is 1. The molecular formula is C38H39F5N6O8S. The molecule has 1 aliphatic rings. The van der Waals surface area contributed by atoms with E-state index >= 15 is 8.78 Å². The number of sulfone groups is 1.